The molecule has 8 heteroatoms. The number of carbonyl (C=O) groups is 2. The van der Waals surface area contributed by atoms with Crippen LogP contribution in [0.4, 0.5) is 0 Å². The molecule has 2 aromatic rings. The maximum atomic E-state index is 12.1. The van der Waals surface area contributed by atoms with Gasteiger partial charge in [-0.2, -0.15) is 0 Å². The van der Waals surface area contributed by atoms with E-state index in [9.17, 15) is 9.59 Å². The summed E-state index contributed by atoms with van der Waals surface area (Å²) in [5.41, 5.74) is 0.667. The summed E-state index contributed by atoms with van der Waals surface area (Å²) in [6.07, 6.45) is 1.21. The van der Waals surface area contributed by atoms with Crippen molar-refractivity contribution in [3.8, 4) is 5.75 Å². The fraction of sp³-hybridized carbons (Fsp3) is 0.333. The van der Waals surface area contributed by atoms with Crippen LogP contribution in [-0.4, -0.2) is 38.6 Å². The first-order valence-electron chi connectivity index (χ1n) is 7.15. The number of hydrogen-bond acceptors (Lipinski definition) is 5. The Hall–Kier alpha value is -2.90. The lowest BCUT2D eigenvalue weighted by Gasteiger charge is -2.17. The SMILES string of the molecule is CCOc1ccccc1C(C)NC(=O)Cn1cc(C(=O)O)nn1. The standard InChI is InChI=1S/C15H18N4O4/c1-3-23-13-7-5-4-6-11(13)10(2)16-14(20)9-19-8-12(15(21)22)17-18-19/h4-8,10H,3,9H2,1-2H3,(H,16,20)(H,21,22). The summed E-state index contributed by atoms with van der Waals surface area (Å²) in [5.74, 6) is -0.766. The maximum Gasteiger partial charge on any atom is 0.358 e. The number of para-hydroxylation sites is 1. The van der Waals surface area contributed by atoms with Gasteiger partial charge in [-0.3, -0.25) is 4.79 Å². The Labute approximate surface area is 133 Å². The van der Waals surface area contributed by atoms with Crippen LogP contribution in [0.3, 0.4) is 0 Å². The molecular formula is C15H18N4O4. The van der Waals surface area contributed by atoms with Crippen LogP contribution in [0.25, 0.3) is 0 Å². The van der Waals surface area contributed by atoms with Crippen LogP contribution in [-0.2, 0) is 11.3 Å². The lowest BCUT2D eigenvalue weighted by Crippen LogP contribution is -2.30. The van der Waals surface area contributed by atoms with Crippen molar-refractivity contribution in [2.45, 2.75) is 26.4 Å². The van der Waals surface area contributed by atoms with Crippen molar-refractivity contribution in [3.05, 3.63) is 41.7 Å². The van der Waals surface area contributed by atoms with Gasteiger partial charge in [-0.15, -0.1) is 5.10 Å². The molecule has 0 aliphatic heterocycles. The zero-order valence-corrected chi connectivity index (χ0v) is 12.9. The molecule has 122 valence electrons. The van der Waals surface area contributed by atoms with E-state index in [0.29, 0.717) is 6.61 Å². The Balaban J connectivity index is 2.00. The summed E-state index contributed by atoms with van der Waals surface area (Å²) in [6, 6.07) is 7.21. The van der Waals surface area contributed by atoms with Crippen molar-refractivity contribution in [1.29, 1.82) is 0 Å². The van der Waals surface area contributed by atoms with Crippen molar-refractivity contribution in [2.75, 3.05) is 6.61 Å². The van der Waals surface area contributed by atoms with Gasteiger partial charge in [0.25, 0.3) is 0 Å². The number of aromatic nitrogens is 3. The number of nitrogens with one attached hydrogen (secondary N) is 1. The zero-order chi connectivity index (χ0) is 16.8. The first-order chi connectivity index (χ1) is 11.0. The Morgan fingerprint density at radius 3 is 2.78 bits per heavy atom. The van der Waals surface area contributed by atoms with E-state index >= 15 is 0 Å². The molecule has 0 radical (unpaired) electrons. The van der Waals surface area contributed by atoms with Crippen molar-refractivity contribution >= 4 is 11.9 Å². The molecule has 1 atom stereocenters. The molecule has 0 spiro atoms. The Morgan fingerprint density at radius 2 is 2.13 bits per heavy atom. The number of carboxylic acids is 1. The molecule has 2 N–H and O–H groups in total. The van der Waals surface area contributed by atoms with Gasteiger partial charge in [-0.05, 0) is 19.9 Å². The predicted octanol–water partition coefficient (Wildman–Crippen LogP) is 1.25. The lowest BCUT2D eigenvalue weighted by molar-refractivity contribution is -0.122. The third kappa shape index (κ3) is 4.29. The number of rotatable bonds is 7. The van der Waals surface area contributed by atoms with Crippen molar-refractivity contribution in [1.82, 2.24) is 20.3 Å². The number of amides is 1. The number of nitrogens with zero attached hydrogens (tertiary/aromatic N) is 3. The first-order valence-corrected chi connectivity index (χ1v) is 7.15. The Bertz CT molecular complexity index is 698. The molecule has 1 heterocycles. The highest BCUT2D eigenvalue weighted by atomic mass is 16.5. The largest absolute Gasteiger partial charge is 0.494 e. The van der Waals surface area contributed by atoms with E-state index in [2.05, 4.69) is 15.6 Å². The highest BCUT2D eigenvalue weighted by molar-refractivity contribution is 5.84. The smallest absolute Gasteiger partial charge is 0.358 e. The van der Waals surface area contributed by atoms with Crippen LogP contribution < -0.4 is 10.1 Å². The van der Waals surface area contributed by atoms with Crippen LogP contribution in [0.15, 0.2) is 30.5 Å². The molecule has 0 aliphatic rings. The Kier molecular flexibility index (Phi) is 5.29. The molecular weight excluding hydrogens is 300 g/mol. The third-order valence-electron chi connectivity index (χ3n) is 3.13. The fourth-order valence-electron chi connectivity index (χ4n) is 2.11. The minimum atomic E-state index is -1.18. The molecule has 1 unspecified atom stereocenters. The van der Waals surface area contributed by atoms with Gasteiger partial charge in [-0.1, -0.05) is 23.4 Å². The number of carbonyl (C=O) groups excluding carboxylic acids is 1. The minimum Gasteiger partial charge on any atom is -0.494 e. The summed E-state index contributed by atoms with van der Waals surface area (Å²) in [4.78, 5) is 22.8. The van der Waals surface area contributed by atoms with Gasteiger partial charge < -0.3 is 15.2 Å². The molecule has 8 nitrogen and oxygen atoms in total. The van der Waals surface area contributed by atoms with Crippen LogP contribution >= 0.6 is 0 Å². The normalized spacial score (nSPS) is 11.7. The van der Waals surface area contributed by atoms with Crippen molar-refractivity contribution in [2.24, 2.45) is 0 Å². The molecule has 0 saturated carbocycles. The van der Waals surface area contributed by atoms with E-state index in [1.165, 1.54) is 10.9 Å². The molecule has 0 aliphatic carbocycles. The molecule has 1 amide bonds. The van der Waals surface area contributed by atoms with Crippen LogP contribution in [0, 0.1) is 0 Å². The molecule has 0 bridgehead atoms. The number of ether oxygens (including phenoxy) is 1. The molecule has 1 aromatic heterocycles. The molecule has 0 saturated heterocycles. The average molecular weight is 318 g/mol. The van der Waals surface area contributed by atoms with Crippen molar-refractivity contribution in [3.63, 3.8) is 0 Å². The molecule has 23 heavy (non-hydrogen) atoms. The summed E-state index contributed by atoms with van der Waals surface area (Å²) in [5, 5.41) is 18.7. The maximum absolute atomic E-state index is 12.1. The lowest BCUT2D eigenvalue weighted by atomic mass is 10.1. The summed E-state index contributed by atoms with van der Waals surface area (Å²) >= 11 is 0. The minimum absolute atomic E-state index is 0.110. The van der Waals surface area contributed by atoms with Crippen LogP contribution in [0.5, 0.6) is 5.75 Å². The highest BCUT2D eigenvalue weighted by Gasteiger charge is 2.15. The average Bonchev–Trinajstić information content (AvgIpc) is 2.96. The highest BCUT2D eigenvalue weighted by Crippen LogP contribution is 2.24. The second-order valence-electron chi connectivity index (χ2n) is 4.87. The molecule has 0 fully saturated rings. The van der Waals surface area contributed by atoms with Crippen LogP contribution in [0.2, 0.25) is 0 Å². The second-order valence-corrected chi connectivity index (χ2v) is 4.87. The van der Waals surface area contributed by atoms with Gasteiger partial charge in [0.15, 0.2) is 5.69 Å². The van der Waals surface area contributed by atoms with E-state index in [1.807, 2.05) is 38.1 Å². The van der Waals surface area contributed by atoms with Gasteiger partial charge in [0.1, 0.15) is 12.3 Å². The van der Waals surface area contributed by atoms with E-state index < -0.39 is 5.97 Å². The van der Waals surface area contributed by atoms with Crippen LogP contribution in [0.1, 0.15) is 35.9 Å². The van der Waals surface area contributed by atoms with Gasteiger partial charge in [0.05, 0.1) is 18.8 Å². The first kappa shape index (κ1) is 16.5. The monoisotopic (exact) mass is 318 g/mol. The van der Waals surface area contributed by atoms with Gasteiger partial charge in [-0.25, -0.2) is 9.48 Å². The number of aromatic carboxylic acids is 1. The van der Waals surface area contributed by atoms with E-state index in [0.717, 1.165) is 11.3 Å². The fourth-order valence-corrected chi connectivity index (χ4v) is 2.11. The topological polar surface area (TPSA) is 106 Å². The Morgan fingerprint density at radius 1 is 1.39 bits per heavy atom. The van der Waals surface area contributed by atoms with E-state index in [-0.39, 0.29) is 24.2 Å². The molecule has 2 rings (SSSR count). The van der Waals surface area contributed by atoms with E-state index in [1.54, 1.807) is 0 Å². The van der Waals surface area contributed by atoms with Crippen molar-refractivity contribution < 1.29 is 19.4 Å². The quantitative estimate of drug-likeness (QED) is 0.796. The summed E-state index contributed by atoms with van der Waals surface area (Å²) in [6.45, 7) is 4.17. The van der Waals surface area contributed by atoms with Gasteiger partial charge in [0.2, 0.25) is 5.91 Å². The third-order valence-corrected chi connectivity index (χ3v) is 3.13. The van der Waals surface area contributed by atoms with Gasteiger partial charge in [0, 0.05) is 5.56 Å². The summed E-state index contributed by atoms with van der Waals surface area (Å²) in [7, 11) is 0. The van der Waals surface area contributed by atoms with E-state index in [4.69, 9.17) is 9.84 Å². The zero-order valence-electron chi connectivity index (χ0n) is 12.9. The van der Waals surface area contributed by atoms with Gasteiger partial charge >= 0.3 is 5.97 Å². The molecule has 1 aromatic carbocycles. The second kappa shape index (κ2) is 7.39. The number of carboxylic acid groups (broad SMARTS) is 1. The summed E-state index contributed by atoms with van der Waals surface area (Å²) < 4.78 is 6.72. The number of benzene rings is 1. The number of hydrogen-bond donors (Lipinski definition) is 2. The predicted molar refractivity (Wildman–Crippen MR) is 81.2 cm³/mol.